The summed E-state index contributed by atoms with van der Waals surface area (Å²) in [5, 5.41) is 2.60. The smallest absolute Gasteiger partial charge is 0.279 e. The van der Waals surface area contributed by atoms with Crippen LogP contribution < -0.4 is 16.2 Å². The summed E-state index contributed by atoms with van der Waals surface area (Å²) < 4.78 is 0. The average molecular weight is 365 g/mol. The van der Waals surface area contributed by atoms with Gasteiger partial charge in [0, 0.05) is 11.8 Å². The van der Waals surface area contributed by atoms with E-state index in [2.05, 4.69) is 16.2 Å². The zero-order valence-electron chi connectivity index (χ0n) is 15.1. The second kappa shape index (κ2) is 8.99. The average Bonchev–Trinajstić information content (AvgIpc) is 2.91. The minimum Gasteiger partial charge on any atom is -0.344 e. The Morgan fingerprint density at radius 3 is 2.36 bits per heavy atom. The van der Waals surface area contributed by atoms with Crippen molar-refractivity contribution in [3.05, 3.63) is 21.4 Å². The molecule has 0 aliphatic heterocycles. The summed E-state index contributed by atoms with van der Waals surface area (Å²) in [7, 11) is 0. The standard InChI is InChI=1S/C18H27N3O3S/c1-11(2)16(19-12(3)22)18(24)21-20-17(23)15-10-13-8-6-4-5-7-9-14(13)25-15/h10-11,16H,4-9H2,1-3H3,(H,19,22)(H,20,23)(H,21,24)/t16-/m1/s1. The molecule has 138 valence electrons. The normalized spacial score (nSPS) is 15.5. The molecular formula is C18H27N3O3S. The first-order valence-corrected chi connectivity index (χ1v) is 9.69. The summed E-state index contributed by atoms with van der Waals surface area (Å²) in [5.74, 6) is -1.09. The summed E-state index contributed by atoms with van der Waals surface area (Å²) >= 11 is 1.51. The van der Waals surface area contributed by atoms with Crippen LogP contribution in [0.15, 0.2) is 6.07 Å². The molecule has 1 heterocycles. The number of hydrazine groups is 1. The molecule has 25 heavy (non-hydrogen) atoms. The van der Waals surface area contributed by atoms with Gasteiger partial charge in [-0.05, 0) is 43.2 Å². The molecule has 0 saturated carbocycles. The second-order valence-electron chi connectivity index (χ2n) is 6.84. The molecule has 6 nitrogen and oxygen atoms in total. The van der Waals surface area contributed by atoms with Gasteiger partial charge in [-0.1, -0.05) is 26.7 Å². The maximum Gasteiger partial charge on any atom is 0.279 e. The van der Waals surface area contributed by atoms with Gasteiger partial charge in [0.2, 0.25) is 5.91 Å². The van der Waals surface area contributed by atoms with Crippen LogP contribution in [0.5, 0.6) is 0 Å². The number of amides is 3. The predicted octanol–water partition coefficient (Wildman–Crippen LogP) is 2.33. The molecule has 7 heteroatoms. The molecule has 1 aliphatic carbocycles. The van der Waals surface area contributed by atoms with Gasteiger partial charge < -0.3 is 5.32 Å². The fourth-order valence-corrected chi connectivity index (χ4v) is 4.12. The first-order chi connectivity index (χ1) is 11.9. The molecule has 2 rings (SSSR count). The Kier molecular flexibility index (Phi) is 6.99. The maximum atomic E-state index is 12.4. The highest BCUT2D eigenvalue weighted by Crippen LogP contribution is 2.28. The summed E-state index contributed by atoms with van der Waals surface area (Å²) in [5.41, 5.74) is 6.16. The monoisotopic (exact) mass is 365 g/mol. The van der Waals surface area contributed by atoms with Crippen molar-refractivity contribution in [2.45, 2.75) is 65.3 Å². The lowest BCUT2D eigenvalue weighted by Crippen LogP contribution is -2.53. The largest absolute Gasteiger partial charge is 0.344 e. The quantitative estimate of drug-likeness (QED) is 0.716. The van der Waals surface area contributed by atoms with Gasteiger partial charge in [-0.3, -0.25) is 25.2 Å². The van der Waals surface area contributed by atoms with Gasteiger partial charge in [-0.2, -0.15) is 0 Å². The minimum atomic E-state index is -0.679. The molecule has 0 spiro atoms. The maximum absolute atomic E-state index is 12.4. The number of rotatable bonds is 4. The van der Waals surface area contributed by atoms with Gasteiger partial charge in [0.05, 0.1) is 4.88 Å². The highest BCUT2D eigenvalue weighted by atomic mass is 32.1. The summed E-state index contributed by atoms with van der Waals surface area (Å²) in [6, 6.07) is 1.27. The molecule has 0 radical (unpaired) electrons. The topological polar surface area (TPSA) is 87.3 Å². The molecule has 0 unspecified atom stereocenters. The van der Waals surface area contributed by atoms with E-state index in [4.69, 9.17) is 0 Å². The highest BCUT2D eigenvalue weighted by Gasteiger charge is 2.24. The first kappa shape index (κ1) is 19.4. The summed E-state index contributed by atoms with van der Waals surface area (Å²) in [6.07, 6.45) is 6.86. The van der Waals surface area contributed by atoms with Crippen LogP contribution in [-0.2, 0) is 22.4 Å². The Balaban J connectivity index is 1.96. The van der Waals surface area contributed by atoms with Crippen LogP contribution in [0.25, 0.3) is 0 Å². The number of fused-ring (bicyclic) bond motifs is 1. The molecule has 0 fully saturated rings. The van der Waals surface area contributed by atoms with E-state index >= 15 is 0 Å². The van der Waals surface area contributed by atoms with Crippen molar-refractivity contribution in [3.8, 4) is 0 Å². The molecule has 3 amide bonds. The van der Waals surface area contributed by atoms with E-state index in [0.29, 0.717) is 4.88 Å². The van der Waals surface area contributed by atoms with Crippen molar-refractivity contribution in [2.24, 2.45) is 5.92 Å². The van der Waals surface area contributed by atoms with Crippen molar-refractivity contribution in [3.63, 3.8) is 0 Å². The molecule has 0 bridgehead atoms. The van der Waals surface area contributed by atoms with E-state index in [0.717, 1.165) is 25.7 Å². The Morgan fingerprint density at radius 2 is 1.72 bits per heavy atom. The van der Waals surface area contributed by atoms with Gasteiger partial charge in [-0.15, -0.1) is 11.3 Å². The van der Waals surface area contributed by atoms with Crippen molar-refractivity contribution >= 4 is 29.1 Å². The van der Waals surface area contributed by atoms with Gasteiger partial charge in [0.15, 0.2) is 0 Å². The fourth-order valence-electron chi connectivity index (χ4n) is 2.97. The van der Waals surface area contributed by atoms with Crippen LogP contribution >= 0.6 is 11.3 Å². The third kappa shape index (κ3) is 5.56. The van der Waals surface area contributed by atoms with E-state index in [-0.39, 0.29) is 17.7 Å². The summed E-state index contributed by atoms with van der Waals surface area (Å²) in [4.78, 5) is 37.7. The van der Waals surface area contributed by atoms with Crippen molar-refractivity contribution in [1.29, 1.82) is 0 Å². The molecule has 1 aliphatic rings. The van der Waals surface area contributed by atoms with Crippen LogP contribution in [0.2, 0.25) is 0 Å². The molecule has 0 aromatic carbocycles. The molecule has 0 saturated heterocycles. The number of aryl methyl sites for hydroxylation is 2. The highest BCUT2D eigenvalue weighted by molar-refractivity contribution is 7.14. The fraction of sp³-hybridized carbons (Fsp3) is 0.611. The predicted molar refractivity (Wildman–Crippen MR) is 98.2 cm³/mol. The third-order valence-electron chi connectivity index (χ3n) is 4.33. The van der Waals surface area contributed by atoms with E-state index in [9.17, 15) is 14.4 Å². The number of carbonyl (C=O) groups is 3. The second-order valence-corrected chi connectivity index (χ2v) is 7.98. The first-order valence-electron chi connectivity index (χ1n) is 8.87. The number of carbonyl (C=O) groups excluding carboxylic acids is 3. The molecule has 1 atom stereocenters. The SMILES string of the molecule is CC(=O)N[C@@H](C(=O)NNC(=O)c1cc2c(s1)CCCCCC2)C(C)C. The van der Waals surface area contributed by atoms with Gasteiger partial charge in [0.1, 0.15) is 6.04 Å². The Morgan fingerprint density at radius 1 is 1.04 bits per heavy atom. The number of nitrogens with one attached hydrogen (secondary N) is 3. The van der Waals surface area contributed by atoms with E-state index in [1.807, 2.05) is 19.9 Å². The van der Waals surface area contributed by atoms with Crippen LogP contribution in [0.4, 0.5) is 0 Å². The van der Waals surface area contributed by atoms with E-state index in [1.165, 1.54) is 41.5 Å². The Bertz CT molecular complexity index is 614. The van der Waals surface area contributed by atoms with Gasteiger partial charge in [0.25, 0.3) is 11.8 Å². The Labute approximate surface area is 152 Å². The number of thiophene rings is 1. The third-order valence-corrected chi connectivity index (χ3v) is 5.56. The number of hydrogen-bond donors (Lipinski definition) is 3. The Hall–Kier alpha value is -1.89. The molecule has 1 aromatic heterocycles. The van der Waals surface area contributed by atoms with Crippen molar-refractivity contribution < 1.29 is 14.4 Å². The zero-order chi connectivity index (χ0) is 18.4. The van der Waals surface area contributed by atoms with Crippen LogP contribution in [0.1, 0.15) is 66.6 Å². The minimum absolute atomic E-state index is 0.0812. The van der Waals surface area contributed by atoms with Crippen molar-refractivity contribution in [1.82, 2.24) is 16.2 Å². The molecule has 3 N–H and O–H groups in total. The van der Waals surface area contributed by atoms with Gasteiger partial charge in [-0.25, -0.2) is 0 Å². The van der Waals surface area contributed by atoms with Crippen LogP contribution in [0.3, 0.4) is 0 Å². The molecule has 1 aromatic rings. The lowest BCUT2D eigenvalue weighted by Gasteiger charge is -2.20. The van der Waals surface area contributed by atoms with E-state index < -0.39 is 11.9 Å². The van der Waals surface area contributed by atoms with Crippen LogP contribution in [-0.4, -0.2) is 23.8 Å². The molecular weight excluding hydrogens is 338 g/mol. The number of hydrogen-bond acceptors (Lipinski definition) is 4. The lowest BCUT2D eigenvalue weighted by atomic mass is 10.00. The van der Waals surface area contributed by atoms with E-state index in [1.54, 1.807) is 0 Å². The van der Waals surface area contributed by atoms with Crippen molar-refractivity contribution in [2.75, 3.05) is 0 Å². The van der Waals surface area contributed by atoms with Gasteiger partial charge >= 0.3 is 0 Å². The van der Waals surface area contributed by atoms with Crippen LogP contribution in [0, 0.1) is 5.92 Å². The summed E-state index contributed by atoms with van der Waals surface area (Å²) in [6.45, 7) is 5.03. The zero-order valence-corrected chi connectivity index (χ0v) is 15.9. The lowest BCUT2D eigenvalue weighted by molar-refractivity contribution is -0.129.